The lowest BCUT2D eigenvalue weighted by atomic mass is 10.1. The van der Waals surface area contributed by atoms with Crippen LogP contribution in [0.4, 0.5) is 30.6 Å². The summed E-state index contributed by atoms with van der Waals surface area (Å²) in [5.74, 6) is -1.49. The second-order valence-corrected chi connectivity index (χ2v) is 6.81. The molecule has 2 aromatic rings. The van der Waals surface area contributed by atoms with E-state index in [0.717, 1.165) is 43.8 Å². The summed E-state index contributed by atoms with van der Waals surface area (Å²) in [4.78, 5) is 14.6. The molecule has 0 spiro atoms. The Morgan fingerprint density at radius 2 is 1.89 bits per heavy atom. The summed E-state index contributed by atoms with van der Waals surface area (Å²) in [7, 11) is 0. The van der Waals surface area contributed by atoms with E-state index in [1.54, 1.807) is 0 Å². The Bertz CT molecular complexity index is 810. The summed E-state index contributed by atoms with van der Waals surface area (Å²) in [6.45, 7) is 4.09. The summed E-state index contributed by atoms with van der Waals surface area (Å²) in [6.07, 6.45) is 5.69. The van der Waals surface area contributed by atoms with E-state index < -0.39 is 17.7 Å². The number of benzene rings is 2. The highest BCUT2D eigenvalue weighted by Crippen LogP contribution is 2.35. The normalized spacial score (nSPS) is 12.8. The van der Waals surface area contributed by atoms with Crippen LogP contribution in [0.25, 0.3) is 0 Å². The van der Waals surface area contributed by atoms with Gasteiger partial charge in [-0.25, -0.2) is 13.6 Å². The molecule has 1 aliphatic rings. The highest BCUT2D eigenvalue weighted by atomic mass is 19.1. The first-order valence-electron chi connectivity index (χ1n) is 9.48. The highest BCUT2D eigenvalue weighted by molar-refractivity contribution is 6.02. The maximum Gasteiger partial charge on any atom is 0.323 e. The maximum absolute atomic E-state index is 13.7. The Labute approximate surface area is 158 Å². The molecule has 4 nitrogen and oxygen atoms in total. The molecule has 27 heavy (non-hydrogen) atoms. The van der Waals surface area contributed by atoms with Crippen LogP contribution >= 0.6 is 0 Å². The van der Waals surface area contributed by atoms with E-state index in [1.165, 1.54) is 30.9 Å². The number of urea groups is 1. The average molecular weight is 373 g/mol. The number of hydrogen-bond donors (Lipinski definition) is 2. The molecular weight excluding hydrogens is 348 g/mol. The lowest BCUT2D eigenvalue weighted by molar-refractivity contribution is 0.262. The van der Waals surface area contributed by atoms with Crippen molar-refractivity contribution in [2.24, 2.45) is 0 Å². The van der Waals surface area contributed by atoms with Crippen molar-refractivity contribution in [3.05, 3.63) is 53.6 Å². The Hall–Kier alpha value is -2.63. The molecule has 2 aromatic carbocycles. The number of anilines is 3. The molecule has 0 bridgehead atoms. The molecule has 0 saturated heterocycles. The van der Waals surface area contributed by atoms with Gasteiger partial charge in [0.2, 0.25) is 0 Å². The number of amides is 2. The fourth-order valence-electron chi connectivity index (χ4n) is 3.45. The molecule has 3 rings (SSSR count). The first kappa shape index (κ1) is 19.1. The number of rotatable bonds is 7. The first-order valence-corrected chi connectivity index (χ1v) is 9.48. The Morgan fingerprint density at radius 3 is 2.67 bits per heavy atom. The van der Waals surface area contributed by atoms with E-state index in [2.05, 4.69) is 28.5 Å². The smallest absolute Gasteiger partial charge is 0.323 e. The minimum absolute atomic E-state index is 0.0575. The molecule has 1 heterocycles. The first-order chi connectivity index (χ1) is 13.1. The number of nitrogens with zero attached hydrogens (tertiary/aromatic N) is 1. The molecule has 1 aliphatic heterocycles. The number of carbonyl (C=O) groups excluding carboxylic acids is 1. The van der Waals surface area contributed by atoms with Gasteiger partial charge in [-0.3, -0.25) is 0 Å². The second kappa shape index (κ2) is 8.84. The Morgan fingerprint density at radius 1 is 1.07 bits per heavy atom. The van der Waals surface area contributed by atoms with Crippen molar-refractivity contribution in [2.45, 2.75) is 39.0 Å². The van der Waals surface area contributed by atoms with Gasteiger partial charge in [0.25, 0.3) is 0 Å². The number of carbonyl (C=O) groups is 1. The monoisotopic (exact) mass is 373 g/mol. The van der Waals surface area contributed by atoms with Crippen molar-refractivity contribution >= 4 is 23.1 Å². The van der Waals surface area contributed by atoms with Crippen LogP contribution < -0.4 is 15.5 Å². The SMILES string of the molecule is CCCCCCN1CCc2cccc(NC(=O)Nc3ccc(F)cc3F)c21. The van der Waals surface area contributed by atoms with Crippen LogP contribution in [0.3, 0.4) is 0 Å². The van der Waals surface area contributed by atoms with E-state index in [1.807, 2.05) is 12.1 Å². The molecule has 0 aliphatic carbocycles. The fraction of sp³-hybridized carbons (Fsp3) is 0.381. The molecular formula is C21H25F2N3O. The molecule has 6 heteroatoms. The van der Waals surface area contributed by atoms with Crippen LogP contribution in [0.1, 0.15) is 38.2 Å². The number of hydrogen-bond acceptors (Lipinski definition) is 2. The van der Waals surface area contributed by atoms with E-state index in [4.69, 9.17) is 0 Å². The third kappa shape index (κ3) is 4.76. The van der Waals surface area contributed by atoms with Gasteiger partial charge in [-0.1, -0.05) is 38.3 Å². The number of unbranched alkanes of at least 4 members (excludes halogenated alkanes) is 3. The van der Waals surface area contributed by atoms with Crippen LogP contribution in [0.2, 0.25) is 0 Å². The van der Waals surface area contributed by atoms with Crippen LogP contribution in [-0.4, -0.2) is 19.1 Å². The highest BCUT2D eigenvalue weighted by Gasteiger charge is 2.22. The standard InChI is InChI=1S/C21H25F2N3O/c1-2-3-4-5-12-26-13-11-15-7-6-8-19(20(15)26)25-21(27)24-18-10-9-16(22)14-17(18)23/h6-10,14H,2-5,11-13H2,1H3,(H2,24,25,27). The summed E-state index contributed by atoms with van der Waals surface area (Å²) >= 11 is 0. The van der Waals surface area contributed by atoms with Gasteiger partial charge in [0.15, 0.2) is 0 Å². The van der Waals surface area contributed by atoms with Crippen molar-refractivity contribution in [3.63, 3.8) is 0 Å². The zero-order chi connectivity index (χ0) is 19.2. The zero-order valence-electron chi connectivity index (χ0n) is 15.5. The molecule has 0 atom stereocenters. The predicted molar refractivity (Wildman–Crippen MR) is 106 cm³/mol. The van der Waals surface area contributed by atoms with Gasteiger partial charge in [0.1, 0.15) is 11.6 Å². The molecule has 0 fully saturated rings. The van der Waals surface area contributed by atoms with E-state index >= 15 is 0 Å². The molecule has 0 unspecified atom stereocenters. The fourth-order valence-corrected chi connectivity index (χ4v) is 3.45. The quantitative estimate of drug-likeness (QED) is 0.625. The summed E-state index contributed by atoms with van der Waals surface area (Å²) in [6, 6.07) is 8.35. The van der Waals surface area contributed by atoms with Gasteiger partial charge >= 0.3 is 6.03 Å². The van der Waals surface area contributed by atoms with Crippen molar-refractivity contribution in [1.82, 2.24) is 0 Å². The molecule has 2 amide bonds. The minimum Gasteiger partial charge on any atom is -0.369 e. The Balaban J connectivity index is 1.68. The lowest BCUT2D eigenvalue weighted by Crippen LogP contribution is -2.25. The Kier molecular flexibility index (Phi) is 6.27. The van der Waals surface area contributed by atoms with Crippen LogP contribution in [0.5, 0.6) is 0 Å². The minimum atomic E-state index is -0.805. The maximum atomic E-state index is 13.7. The van der Waals surface area contributed by atoms with E-state index in [9.17, 15) is 13.6 Å². The number of para-hydroxylation sites is 1. The van der Waals surface area contributed by atoms with Gasteiger partial charge in [-0.2, -0.15) is 0 Å². The largest absolute Gasteiger partial charge is 0.369 e. The number of fused-ring (bicyclic) bond motifs is 1. The summed E-state index contributed by atoms with van der Waals surface area (Å²) < 4.78 is 26.7. The van der Waals surface area contributed by atoms with E-state index in [-0.39, 0.29) is 5.69 Å². The summed E-state index contributed by atoms with van der Waals surface area (Å²) in [5.41, 5.74) is 2.90. The van der Waals surface area contributed by atoms with Gasteiger partial charge in [0.05, 0.1) is 17.1 Å². The second-order valence-electron chi connectivity index (χ2n) is 6.81. The molecule has 144 valence electrons. The van der Waals surface area contributed by atoms with Crippen molar-refractivity contribution in [3.8, 4) is 0 Å². The number of nitrogens with one attached hydrogen (secondary N) is 2. The lowest BCUT2D eigenvalue weighted by Gasteiger charge is -2.22. The number of halogens is 2. The summed E-state index contributed by atoms with van der Waals surface area (Å²) in [5, 5.41) is 5.25. The zero-order valence-corrected chi connectivity index (χ0v) is 15.5. The topological polar surface area (TPSA) is 44.4 Å². The molecule has 0 saturated carbocycles. The van der Waals surface area contributed by atoms with Crippen molar-refractivity contribution < 1.29 is 13.6 Å². The van der Waals surface area contributed by atoms with Crippen LogP contribution in [0.15, 0.2) is 36.4 Å². The molecule has 2 N–H and O–H groups in total. The predicted octanol–water partition coefficient (Wildman–Crippen LogP) is 5.55. The van der Waals surface area contributed by atoms with Crippen molar-refractivity contribution in [2.75, 3.05) is 28.6 Å². The third-order valence-corrected chi connectivity index (χ3v) is 4.80. The van der Waals surface area contributed by atoms with Gasteiger partial charge in [0, 0.05) is 19.2 Å². The third-order valence-electron chi connectivity index (χ3n) is 4.80. The molecule has 0 radical (unpaired) electrons. The molecule has 0 aromatic heterocycles. The van der Waals surface area contributed by atoms with Gasteiger partial charge in [-0.15, -0.1) is 0 Å². The average Bonchev–Trinajstić information content (AvgIpc) is 3.05. The van der Waals surface area contributed by atoms with Gasteiger partial charge < -0.3 is 15.5 Å². The van der Waals surface area contributed by atoms with Gasteiger partial charge in [-0.05, 0) is 36.6 Å². The van der Waals surface area contributed by atoms with E-state index in [0.29, 0.717) is 5.69 Å². The van der Waals surface area contributed by atoms with Crippen LogP contribution in [0, 0.1) is 11.6 Å². The van der Waals surface area contributed by atoms with Crippen LogP contribution in [-0.2, 0) is 6.42 Å². The van der Waals surface area contributed by atoms with Crippen molar-refractivity contribution in [1.29, 1.82) is 0 Å².